The minimum Gasteiger partial charge on any atom is -1.00 e. The third-order valence-electron chi connectivity index (χ3n) is 4.28. The van der Waals surface area contributed by atoms with Gasteiger partial charge in [-0.15, -0.1) is 80.7 Å². The summed E-state index contributed by atoms with van der Waals surface area (Å²) in [5.41, 5.74) is 0. The predicted molar refractivity (Wildman–Crippen MR) is 100 cm³/mol. The van der Waals surface area contributed by atoms with Gasteiger partial charge in [0, 0.05) is 0 Å². The molecule has 4 heteroatoms. The molecule has 25 heavy (non-hydrogen) atoms. The summed E-state index contributed by atoms with van der Waals surface area (Å²) >= 11 is 0. The van der Waals surface area contributed by atoms with Gasteiger partial charge in [0.05, 0.1) is 0 Å². The van der Waals surface area contributed by atoms with Crippen molar-refractivity contribution in [1.82, 2.24) is 0 Å². The first-order valence-corrected chi connectivity index (χ1v) is 9.46. The molecule has 0 radical (unpaired) electrons. The summed E-state index contributed by atoms with van der Waals surface area (Å²) in [5.74, 6) is 0. The van der Waals surface area contributed by atoms with Crippen molar-refractivity contribution in [3.05, 3.63) is 72.8 Å². The molecule has 0 atom stereocenters. The van der Waals surface area contributed by atoms with Gasteiger partial charge < -0.3 is 9.41 Å². The van der Waals surface area contributed by atoms with Crippen molar-refractivity contribution in [2.45, 2.75) is 13.3 Å². The van der Waals surface area contributed by atoms with Crippen LogP contribution in [0.5, 0.6) is 0 Å². The second-order valence-corrected chi connectivity index (χ2v) is 8.17. The maximum atomic E-state index is 2.40. The molecule has 0 aliphatic heterocycles. The Bertz CT molecular complexity index is 786. The van der Waals surface area contributed by atoms with Crippen LogP contribution in [0.25, 0.3) is 21.5 Å². The largest absolute Gasteiger partial charge is 4.00 e. The van der Waals surface area contributed by atoms with Gasteiger partial charge in [0.25, 0.3) is 0 Å². The second-order valence-electron chi connectivity index (χ2n) is 5.84. The molecule has 4 aromatic rings. The molecule has 0 saturated carbocycles. The smallest absolute Gasteiger partial charge is 1.00 e. The molecule has 0 heterocycles. The Morgan fingerprint density at radius 3 is 1.60 bits per heavy atom. The van der Waals surface area contributed by atoms with Gasteiger partial charge in [0.2, 0.25) is 0 Å². The molecule has 0 unspecified atom stereocenters. The van der Waals surface area contributed by atoms with Crippen molar-refractivity contribution in [2.24, 2.45) is 0 Å². The quantitative estimate of drug-likeness (QED) is 0.190. The Kier molecular flexibility index (Phi) is 8.31. The van der Waals surface area contributed by atoms with Crippen molar-refractivity contribution in [3.63, 3.8) is 0 Å². The summed E-state index contributed by atoms with van der Waals surface area (Å²) in [4.78, 5) is 0. The number of rotatable bonds is 4. The van der Waals surface area contributed by atoms with Crippen LogP contribution in [0, 0.1) is 0 Å². The summed E-state index contributed by atoms with van der Waals surface area (Å²) < 4.78 is 0. The Morgan fingerprint density at radius 1 is 0.760 bits per heavy atom. The number of halogens is 2. The Balaban J connectivity index is 0.00000104. The standard InChI is InChI=1S/C21H19P.2FH.Hf/c1-2-11-22(20-12-16-7-3-4-8-17(16)13-20)21-14-18-9-5-6-10-19(18)15-21;;;/h3-10,12-15H,2,11H2,1H3;2*1H;/q-2;;;+4/p-2. The van der Waals surface area contributed by atoms with E-state index in [0.29, 0.717) is 0 Å². The van der Waals surface area contributed by atoms with Crippen LogP contribution >= 0.6 is 7.92 Å². The number of fused-ring (bicyclic) bond motifs is 2. The van der Waals surface area contributed by atoms with Crippen LogP contribution in [0.4, 0.5) is 0 Å². The average Bonchev–Trinajstić information content (AvgIpc) is 3.15. The van der Waals surface area contributed by atoms with Crippen LogP contribution in [0.2, 0.25) is 0 Å². The molecule has 0 fully saturated rings. The minimum absolute atomic E-state index is 0. The fraction of sp³-hybridized carbons (Fsp3) is 0.143. The molecule has 0 saturated heterocycles. The zero-order valence-electron chi connectivity index (χ0n) is 14.0. The van der Waals surface area contributed by atoms with E-state index in [2.05, 4.69) is 79.7 Å². The fourth-order valence-electron chi connectivity index (χ4n) is 3.21. The molecule has 0 N–H and O–H groups in total. The zero-order chi connectivity index (χ0) is 14.9. The number of hydrogen-bond donors (Lipinski definition) is 0. The first kappa shape index (κ1) is 21.9. The average molecular weight is 519 g/mol. The topological polar surface area (TPSA) is 0 Å². The second kappa shape index (κ2) is 9.50. The van der Waals surface area contributed by atoms with Crippen LogP contribution in [-0.2, 0) is 25.8 Å². The van der Waals surface area contributed by atoms with Gasteiger partial charge in [-0.2, -0.15) is 12.1 Å². The van der Waals surface area contributed by atoms with Crippen molar-refractivity contribution in [2.75, 3.05) is 6.16 Å². The monoisotopic (exact) mass is 520 g/mol. The molecular weight excluding hydrogens is 500 g/mol. The molecule has 0 bridgehead atoms. The number of hydrogen-bond acceptors (Lipinski definition) is 0. The normalized spacial score (nSPS) is 10.3. The SMILES string of the molecule is CCCP(c1cc2ccccc2[cH-]1)c1cc2ccccc2[cH-]1.[F-].[F-].[Hf+4]. The van der Waals surface area contributed by atoms with Gasteiger partial charge in [-0.1, -0.05) is 33.4 Å². The van der Waals surface area contributed by atoms with Crippen molar-refractivity contribution in [1.29, 1.82) is 0 Å². The molecule has 126 valence electrons. The summed E-state index contributed by atoms with van der Waals surface area (Å²) in [6, 6.07) is 27.0. The van der Waals surface area contributed by atoms with E-state index < -0.39 is 0 Å². The molecule has 0 nitrogen and oxygen atoms in total. The van der Waals surface area contributed by atoms with E-state index in [-0.39, 0.29) is 43.2 Å². The van der Waals surface area contributed by atoms with Gasteiger partial charge in [0.1, 0.15) is 0 Å². The van der Waals surface area contributed by atoms with Crippen LogP contribution < -0.4 is 20.0 Å². The molecule has 0 aliphatic carbocycles. The molecule has 0 amide bonds. The van der Waals surface area contributed by atoms with E-state index in [0.717, 1.165) is 0 Å². The molecular formula is C21H19F2HfP. The number of benzene rings is 2. The van der Waals surface area contributed by atoms with Crippen molar-refractivity contribution >= 4 is 40.1 Å². The summed E-state index contributed by atoms with van der Waals surface area (Å²) in [5, 5.41) is 8.53. The van der Waals surface area contributed by atoms with E-state index >= 15 is 0 Å². The van der Waals surface area contributed by atoms with Gasteiger partial charge in [-0.25, -0.2) is 0 Å². The molecule has 0 aromatic heterocycles. The van der Waals surface area contributed by atoms with Gasteiger partial charge >= 0.3 is 25.8 Å². The molecule has 0 aliphatic rings. The molecule has 0 spiro atoms. The summed E-state index contributed by atoms with van der Waals surface area (Å²) in [6.45, 7) is 2.29. The van der Waals surface area contributed by atoms with Gasteiger partial charge in [-0.3, -0.25) is 0 Å². The van der Waals surface area contributed by atoms with E-state index in [9.17, 15) is 0 Å². The summed E-state index contributed by atoms with van der Waals surface area (Å²) in [7, 11) is -0.245. The molecule has 4 aromatic carbocycles. The first-order valence-electron chi connectivity index (χ1n) is 7.93. The molecule has 4 rings (SSSR count). The van der Waals surface area contributed by atoms with E-state index in [1.165, 1.54) is 44.7 Å². The minimum atomic E-state index is -0.245. The van der Waals surface area contributed by atoms with Crippen LogP contribution in [-0.4, -0.2) is 6.16 Å². The first-order chi connectivity index (χ1) is 10.8. The third kappa shape index (κ3) is 4.33. The van der Waals surface area contributed by atoms with Crippen LogP contribution in [0.15, 0.2) is 72.8 Å². The maximum Gasteiger partial charge on any atom is 4.00 e. The van der Waals surface area contributed by atoms with Crippen LogP contribution in [0.3, 0.4) is 0 Å². The Hall–Kier alpha value is -1.18. The van der Waals surface area contributed by atoms with Crippen LogP contribution in [0.1, 0.15) is 13.3 Å². The fourth-order valence-corrected chi connectivity index (χ4v) is 5.65. The van der Waals surface area contributed by atoms with Gasteiger partial charge in [0.15, 0.2) is 0 Å². The van der Waals surface area contributed by atoms with E-state index in [1.54, 1.807) is 0 Å². The van der Waals surface area contributed by atoms with E-state index in [4.69, 9.17) is 0 Å². The van der Waals surface area contributed by atoms with Gasteiger partial charge in [-0.05, 0) is 6.16 Å². The Morgan fingerprint density at radius 2 is 1.20 bits per heavy atom. The Labute approximate surface area is 167 Å². The van der Waals surface area contributed by atoms with Crippen molar-refractivity contribution in [3.8, 4) is 0 Å². The van der Waals surface area contributed by atoms with E-state index in [1.807, 2.05) is 0 Å². The third-order valence-corrected chi connectivity index (χ3v) is 6.93. The maximum absolute atomic E-state index is 2.40. The summed E-state index contributed by atoms with van der Waals surface area (Å²) in [6.07, 6.45) is 2.50. The zero-order valence-corrected chi connectivity index (χ0v) is 18.5. The predicted octanol–water partition coefficient (Wildman–Crippen LogP) is -0.721. The van der Waals surface area contributed by atoms with Crippen molar-refractivity contribution < 1.29 is 35.3 Å².